The molecule has 100 valence electrons. The third-order valence-corrected chi connectivity index (χ3v) is 4.38. The van der Waals surface area contributed by atoms with Crippen molar-refractivity contribution in [2.75, 3.05) is 7.05 Å². The van der Waals surface area contributed by atoms with E-state index in [1.54, 1.807) is 0 Å². The first-order valence-corrected chi connectivity index (χ1v) is 8.21. The molecule has 1 N–H and O–H groups in total. The van der Waals surface area contributed by atoms with Gasteiger partial charge in [-0.25, -0.2) is 0 Å². The lowest BCUT2D eigenvalue weighted by Crippen LogP contribution is -2.18. The van der Waals surface area contributed by atoms with E-state index < -0.39 is 0 Å². The second-order valence-electron chi connectivity index (χ2n) is 4.37. The minimum atomic E-state index is 0.259. The van der Waals surface area contributed by atoms with Crippen molar-refractivity contribution in [2.45, 2.75) is 12.5 Å². The van der Waals surface area contributed by atoms with E-state index in [9.17, 15) is 0 Å². The van der Waals surface area contributed by atoms with Crippen molar-refractivity contribution in [1.29, 1.82) is 0 Å². The van der Waals surface area contributed by atoms with Gasteiger partial charge in [0.2, 0.25) is 0 Å². The standard InChI is InChI=1S/C15H14BrClIN/c1-19-15(6-10-2-4-14(18)5-3-10)11-7-12(16)9-13(17)8-11/h2-5,7-9,15,19H,6H2,1H3. The molecule has 0 saturated heterocycles. The van der Waals surface area contributed by atoms with Crippen molar-refractivity contribution in [1.82, 2.24) is 5.32 Å². The number of hydrogen-bond acceptors (Lipinski definition) is 1. The Labute approximate surface area is 141 Å². The Morgan fingerprint density at radius 2 is 1.89 bits per heavy atom. The molecule has 0 fully saturated rings. The molecule has 2 aromatic carbocycles. The lowest BCUT2D eigenvalue weighted by Gasteiger charge is -2.17. The van der Waals surface area contributed by atoms with Gasteiger partial charge in [0.15, 0.2) is 0 Å². The van der Waals surface area contributed by atoms with Crippen LogP contribution in [0.15, 0.2) is 46.9 Å². The second kappa shape index (κ2) is 7.07. The highest BCUT2D eigenvalue weighted by Crippen LogP contribution is 2.26. The molecular formula is C15H14BrClIN. The van der Waals surface area contributed by atoms with Crippen LogP contribution in [0.5, 0.6) is 0 Å². The van der Waals surface area contributed by atoms with Gasteiger partial charge < -0.3 is 5.32 Å². The van der Waals surface area contributed by atoms with Crippen LogP contribution in [0.2, 0.25) is 5.02 Å². The van der Waals surface area contributed by atoms with Crippen LogP contribution in [0.4, 0.5) is 0 Å². The van der Waals surface area contributed by atoms with Crippen LogP contribution < -0.4 is 5.32 Å². The zero-order chi connectivity index (χ0) is 13.8. The van der Waals surface area contributed by atoms with Crippen molar-refractivity contribution in [3.05, 3.63) is 66.7 Å². The Hall–Kier alpha value is -0.100. The van der Waals surface area contributed by atoms with E-state index in [1.807, 2.05) is 19.2 Å². The number of halogens is 3. The Kier molecular flexibility index (Phi) is 5.69. The molecule has 19 heavy (non-hydrogen) atoms. The predicted molar refractivity (Wildman–Crippen MR) is 93.8 cm³/mol. The molecule has 1 nitrogen and oxygen atoms in total. The average molecular weight is 451 g/mol. The zero-order valence-corrected chi connectivity index (χ0v) is 15.0. The Balaban J connectivity index is 2.22. The number of nitrogens with one attached hydrogen (secondary N) is 1. The summed E-state index contributed by atoms with van der Waals surface area (Å²) in [7, 11) is 1.98. The molecule has 1 atom stereocenters. The average Bonchev–Trinajstić information content (AvgIpc) is 2.37. The monoisotopic (exact) mass is 449 g/mol. The summed E-state index contributed by atoms with van der Waals surface area (Å²) in [6.07, 6.45) is 0.945. The van der Waals surface area contributed by atoms with E-state index in [4.69, 9.17) is 11.6 Å². The maximum atomic E-state index is 6.12. The molecule has 1 unspecified atom stereocenters. The number of hydrogen-bond donors (Lipinski definition) is 1. The summed E-state index contributed by atoms with van der Waals surface area (Å²) >= 11 is 11.9. The lowest BCUT2D eigenvalue weighted by atomic mass is 9.99. The molecule has 0 bridgehead atoms. The molecule has 0 aromatic heterocycles. The Morgan fingerprint density at radius 3 is 2.47 bits per heavy atom. The first-order valence-electron chi connectivity index (χ1n) is 5.96. The first kappa shape index (κ1) is 15.3. The van der Waals surface area contributed by atoms with Crippen LogP contribution in [0, 0.1) is 3.57 Å². The van der Waals surface area contributed by atoms with E-state index in [0.717, 1.165) is 15.9 Å². The smallest absolute Gasteiger partial charge is 0.0420 e. The fourth-order valence-corrected chi connectivity index (χ4v) is 3.26. The topological polar surface area (TPSA) is 12.0 Å². The summed E-state index contributed by atoms with van der Waals surface area (Å²) in [5.41, 5.74) is 2.51. The molecule has 4 heteroatoms. The van der Waals surface area contributed by atoms with Gasteiger partial charge in [-0.1, -0.05) is 39.7 Å². The maximum absolute atomic E-state index is 6.12. The predicted octanol–water partition coefficient (Wildman–Crippen LogP) is 5.21. The van der Waals surface area contributed by atoms with Gasteiger partial charge in [0.05, 0.1) is 0 Å². The first-order chi connectivity index (χ1) is 9.08. The number of benzene rings is 2. The van der Waals surface area contributed by atoms with Crippen molar-refractivity contribution in [3.63, 3.8) is 0 Å². The fourth-order valence-electron chi connectivity index (χ4n) is 2.02. The van der Waals surface area contributed by atoms with Gasteiger partial charge in [0.25, 0.3) is 0 Å². The molecular weight excluding hydrogens is 436 g/mol. The third kappa shape index (κ3) is 4.45. The highest BCUT2D eigenvalue weighted by molar-refractivity contribution is 14.1. The molecule has 0 aliphatic rings. The minimum absolute atomic E-state index is 0.259. The molecule has 0 spiro atoms. The Morgan fingerprint density at radius 1 is 1.21 bits per heavy atom. The third-order valence-electron chi connectivity index (χ3n) is 2.99. The highest BCUT2D eigenvalue weighted by atomic mass is 127. The highest BCUT2D eigenvalue weighted by Gasteiger charge is 2.11. The van der Waals surface area contributed by atoms with Crippen LogP contribution >= 0.6 is 50.1 Å². The fraction of sp³-hybridized carbons (Fsp3) is 0.200. The summed E-state index contributed by atoms with van der Waals surface area (Å²) in [5, 5.41) is 4.11. The number of likely N-dealkylation sites (N-methyl/N-ethyl adjacent to an activating group) is 1. The SMILES string of the molecule is CNC(Cc1ccc(I)cc1)c1cc(Cl)cc(Br)c1. The van der Waals surface area contributed by atoms with Gasteiger partial charge in [-0.05, 0) is 77.5 Å². The molecule has 0 aliphatic heterocycles. The van der Waals surface area contributed by atoms with Crippen LogP contribution in [0.3, 0.4) is 0 Å². The van der Waals surface area contributed by atoms with Crippen molar-refractivity contribution >= 4 is 50.1 Å². The van der Waals surface area contributed by atoms with E-state index in [2.05, 4.69) is 74.2 Å². The molecule has 2 aromatic rings. The number of rotatable bonds is 4. The van der Waals surface area contributed by atoms with Gasteiger partial charge in [0, 0.05) is 19.1 Å². The summed E-state index contributed by atoms with van der Waals surface area (Å²) in [6, 6.07) is 14.9. The van der Waals surface area contributed by atoms with Crippen molar-refractivity contribution < 1.29 is 0 Å². The van der Waals surface area contributed by atoms with Crippen LogP contribution in [0.1, 0.15) is 17.2 Å². The quantitative estimate of drug-likeness (QED) is 0.631. The summed E-state index contributed by atoms with van der Waals surface area (Å²) < 4.78 is 2.27. The largest absolute Gasteiger partial charge is 0.313 e. The maximum Gasteiger partial charge on any atom is 0.0420 e. The Bertz CT molecular complexity index is 536. The van der Waals surface area contributed by atoms with Gasteiger partial charge in [-0.2, -0.15) is 0 Å². The second-order valence-corrected chi connectivity index (χ2v) is 6.97. The van der Waals surface area contributed by atoms with E-state index in [0.29, 0.717) is 0 Å². The molecule has 0 radical (unpaired) electrons. The van der Waals surface area contributed by atoms with Crippen LogP contribution in [0.25, 0.3) is 0 Å². The van der Waals surface area contributed by atoms with Crippen LogP contribution in [-0.2, 0) is 6.42 Å². The molecule has 0 aliphatic carbocycles. The normalized spacial score (nSPS) is 12.4. The molecule has 2 rings (SSSR count). The van der Waals surface area contributed by atoms with Gasteiger partial charge in [-0.3, -0.25) is 0 Å². The minimum Gasteiger partial charge on any atom is -0.313 e. The van der Waals surface area contributed by atoms with Crippen LogP contribution in [-0.4, -0.2) is 7.05 Å². The van der Waals surface area contributed by atoms with E-state index in [-0.39, 0.29) is 6.04 Å². The summed E-state index contributed by atoms with van der Waals surface area (Å²) in [4.78, 5) is 0. The zero-order valence-electron chi connectivity index (χ0n) is 10.5. The van der Waals surface area contributed by atoms with Gasteiger partial charge >= 0.3 is 0 Å². The molecule has 0 heterocycles. The van der Waals surface area contributed by atoms with Gasteiger partial charge in [-0.15, -0.1) is 0 Å². The molecule has 0 amide bonds. The van der Waals surface area contributed by atoms with E-state index >= 15 is 0 Å². The lowest BCUT2D eigenvalue weighted by molar-refractivity contribution is 0.592. The van der Waals surface area contributed by atoms with Crippen molar-refractivity contribution in [3.8, 4) is 0 Å². The van der Waals surface area contributed by atoms with Gasteiger partial charge in [0.1, 0.15) is 0 Å². The van der Waals surface area contributed by atoms with Crippen molar-refractivity contribution in [2.24, 2.45) is 0 Å². The molecule has 0 saturated carbocycles. The summed E-state index contributed by atoms with van der Waals surface area (Å²) in [5.74, 6) is 0. The summed E-state index contributed by atoms with van der Waals surface area (Å²) in [6.45, 7) is 0. The van der Waals surface area contributed by atoms with E-state index in [1.165, 1.54) is 14.7 Å².